The van der Waals surface area contributed by atoms with Gasteiger partial charge in [0.1, 0.15) is 11.6 Å². The molecular weight excluding hydrogens is 324 g/mol. The van der Waals surface area contributed by atoms with Crippen LogP contribution in [-0.4, -0.2) is 6.54 Å². The van der Waals surface area contributed by atoms with Gasteiger partial charge in [0, 0.05) is 11.6 Å². The maximum Gasteiger partial charge on any atom is 0.145 e. The predicted octanol–water partition coefficient (Wildman–Crippen LogP) is 4.81. The Labute approximate surface area is 127 Å². The Morgan fingerprint density at radius 2 is 2.10 bits per heavy atom. The van der Waals surface area contributed by atoms with Crippen LogP contribution in [0.5, 0.6) is 0 Å². The van der Waals surface area contributed by atoms with Crippen LogP contribution in [0.3, 0.4) is 0 Å². The van der Waals surface area contributed by atoms with Gasteiger partial charge >= 0.3 is 0 Å². The highest BCUT2D eigenvalue weighted by atomic mass is 79.9. The van der Waals surface area contributed by atoms with Gasteiger partial charge in [-0.3, -0.25) is 0 Å². The van der Waals surface area contributed by atoms with Gasteiger partial charge in [0.05, 0.1) is 4.47 Å². The Balaban J connectivity index is 1.97. The van der Waals surface area contributed by atoms with Crippen molar-refractivity contribution in [1.82, 2.24) is 5.32 Å². The van der Waals surface area contributed by atoms with Crippen LogP contribution in [0.4, 0.5) is 8.78 Å². The van der Waals surface area contributed by atoms with Gasteiger partial charge in [-0.2, -0.15) is 0 Å². The second-order valence-electron chi connectivity index (χ2n) is 6.13. The first-order chi connectivity index (χ1) is 9.61. The Hall–Kier alpha value is -0.480. The fourth-order valence-corrected chi connectivity index (χ4v) is 4.56. The molecule has 2 fully saturated rings. The summed E-state index contributed by atoms with van der Waals surface area (Å²) in [5, 5.41) is 3.33. The highest BCUT2D eigenvalue weighted by Gasteiger charge is 2.44. The average molecular weight is 344 g/mol. The van der Waals surface area contributed by atoms with Crippen molar-refractivity contribution in [2.45, 2.75) is 38.6 Å². The number of rotatable bonds is 4. The summed E-state index contributed by atoms with van der Waals surface area (Å²) in [5.41, 5.74) is 0.221. The van der Waals surface area contributed by atoms with E-state index in [1.54, 1.807) is 0 Å². The van der Waals surface area contributed by atoms with E-state index in [0.717, 1.165) is 18.9 Å². The third-order valence-corrected chi connectivity index (χ3v) is 5.65. The molecular formula is C16H20BrF2N. The second-order valence-corrected chi connectivity index (χ2v) is 6.99. The van der Waals surface area contributed by atoms with E-state index in [2.05, 4.69) is 21.2 Å². The van der Waals surface area contributed by atoms with Gasteiger partial charge in [-0.15, -0.1) is 0 Å². The van der Waals surface area contributed by atoms with Crippen molar-refractivity contribution in [2.24, 2.45) is 17.8 Å². The van der Waals surface area contributed by atoms with E-state index in [-0.39, 0.29) is 11.6 Å². The van der Waals surface area contributed by atoms with Crippen LogP contribution in [-0.2, 0) is 0 Å². The highest BCUT2D eigenvalue weighted by molar-refractivity contribution is 9.10. The molecule has 0 heterocycles. The van der Waals surface area contributed by atoms with Crippen LogP contribution < -0.4 is 5.32 Å². The second kappa shape index (κ2) is 5.72. The normalized spacial score (nSPS) is 29.9. The summed E-state index contributed by atoms with van der Waals surface area (Å²) in [7, 11) is 0. The van der Waals surface area contributed by atoms with Crippen molar-refractivity contribution in [3.05, 3.63) is 33.8 Å². The zero-order chi connectivity index (χ0) is 14.3. The number of benzene rings is 1. The summed E-state index contributed by atoms with van der Waals surface area (Å²) in [6.45, 7) is 2.72. The molecule has 4 unspecified atom stereocenters. The van der Waals surface area contributed by atoms with Gasteiger partial charge in [0.25, 0.3) is 0 Å². The maximum absolute atomic E-state index is 14.4. The first kappa shape index (κ1) is 14.5. The van der Waals surface area contributed by atoms with Crippen molar-refractivity contribution >= 4 is 15.9 Å². The van der Waals surface area contributed by atoms with E-state index in [4.69, 9.17) is 0 Å². The quantitative estimate of drug-likeness (QED) is 0.773. The molecule has 1 nitrogen and oxygen atoms in total. The molecule has 0 aromatic heterocycles. The van der Waals surface area contributed by atoms with Crippen LogP contribution in [0.15, 0.2) is 16.6 Å². The van der Waals surface area contributed by atoms with Gasteiger partial charge in [-0.25, -0.2) is 8.78 Å². The average Bonchev–Trinajstić information content (AvgIpc) is 3.05. The van der Waals surface area contributed by atoms with Gasteiger partial charge < -0.3 is 5.32 Å². The van der Waals surface area contributed by atoms with E-state index in [1.165, 1.54) is 31.4 Å². The molecule has 0 radical (unpaired) electrons. The summed E-state index contributed by atoms with van der Waals surface area (Å²) in [6, 6.07) is 2.60. The van der Waals surface area contributed by atoms with Crippen LogP contribution in [0, 0.1) is 29.4 Å². The number of halogens is 3. The van der Waals surface area contributed by atoms with E-state index >= 15 is 0 Å². The molecule has 2 bridgehead atoms. The molecule has 20 heavy (non-hydrogen) atoms. The van der Waals surface area contributed by atoms with Crippen molar-refractivity contribution in [2.75, 3.05) is 6.54 Å². The largest absolute Gasteiger partial charge is 0.310 e. The molecule has 0 saturated heterocycles. The van der Waals surface area contributed by atoms with Crippen molar-refractivity contribution < 1.29 is 8.78 Å². The Bertz CT molecular complexity index is 505. The lowest BCUT2D eigenvalue weighted by Gasteiger charge is -2.32. The van der Waals surface area contributed by atoms with Crippen molar-refractivity contribution in [1.29, 1.82) is 0 Å². The first-order valence-electron chi connectivity index (χ1n) is 7.48. The molecule has 2 saturated carbocycles. The molecule has 1 N–H and O–H groups in total. The molecule has 2 aliphatic rings. The van der Waals surface area contributed by atoms with Crippen LogP contribution in [0.1, 0.15) is 44.2 Å². The molecule has 1 aromatic carbocycles. The summed E-state index contributed by atoms with van der Waals surface area (Å²) in [4.78, 5) is 0. The topological polar surface area (TPSA) is 12.0 Å². The minimum absolute atomic E-state index is 0.201. The number of fused-ring (bicyclic) bond motifs is 2. The van der Waals surface area contributed by atoms with E-state index in [9.17, 15) is 8.78 Å². The fourth-order valence-electron chi connectivity index (χ4n) is 4.22. The molecule has 1 aromatic rings. The zero-order valence-corrected chi connectivity index (χ0v) is 13.2. The fraction of sp³-hybridized carbons (Fsp3) is 0.625. The van der Waals surface area contributed by atoms with Crippen LogP contribution in [0.2, 0.25) is 0 Å². The Morgan fingerprint density at radius 1 is 1.30 bits per heavy atom. The van der Waals surface area contributed by atoms with Gasteiger partial charge in [0.15, 0.2) is 0 Å². The third-order valence-electron chi connectivity index (χ3n) is 5.04. The van der Waals surface area contributed by atoms with Gasteiger partial charge in [-0.1, -0.05) is 13.3 Å². The van der Waals surface area contributed by atoms with Crippen molar-refractivity contribution in [3.63, 3.8) is 0 Å². The SMILES string of the molecule is CCNC(c1c(F)ccc(Br)c1F)C1CC2CCC1C2. The van der Waals surface area contributed by atoms with E-state index < -0.39 is 11.6 Å². The minimum atomic E-state index is -0.446. The molecule has 0 amide bonds. The van der Waals surface area contributed by atoms with Crippen molar-refractivity contribution in [3.8, 4) is 0 Å². The molecule has 4 heteroatoms. The zero-order valence-electron chi connectivity index (χ0n) is 11.6. The predicted molar refractivity (Wildman–Crippen MR) is 79.4 cm³/mol. The smallest absolute Gasteiger partial charge is 0.145 e. The number of nitrogens with one attached hydrogen (secondary N) is 1. The molecule has 110 valence electrons. The monoisotopic (exact) mass is 343 g/mol. The lowest BCUT2D eigenvalue weighted by Crippen LogP contribution is -2.32. The summed E-state index contributed by atoms with van der Waals surface area (Å²) >= 11 is 3.18. The lowest BCUT2D eigenvalue weighted by molar-refractivity contribution is 0.244. The third kappa shape index (κ3) is 2.41. The van der Waals surface area contributed by atoms with Crippen LogP contribution >= 0.6 is 15.9 Å². The minimum Gasteiger partial charge on any atom is -0.310 e. The van der Waals surface area contributed by atoms with Gasteiger partial charge in [-0.05, 0) is 71.6 Å². The summed E-state index contributed by atoms with van der Waals surface area (Å²) in [6.07, 6.45) is 4.86. The van der Waals surface area contributed by atoms with Gasteiger partial charge in [0.2, 0.25) is 0 Å². The first-order valence-corrected chi connectivity index (χ1v) is 8.27. The molecule has 3 rings (SSSR count). The number of hydrogen-bond donors (Lipinski definition) is 1. The molecule has 0 spiro atoms. The maximum atomic E-state index is 14.4. The van der Waals surface area contributed by atoms with Crippen LogP contribution in [0.25, 0.3) is 0 Å². The lowest BCUT2D eigenvalue weighted by atomic mass is 9.80. The molecule has 2 aliphatic carbocycles. The Morgan fingerprint density at radius 3 is 2.70 bits per heavy atom. The van der Waals surface area contributed by atoms with E-state index in [0.29, 0.717) is 16.3 Å². The molecule has 0 aliphatic heterocycles. The number of hydrogen-bond acceptors (Lipinski definition) is 1. The summed E-state index contributed by atoms with van der Waals surface area (Å²) < 4.78 is 29.0. The summed E-state index contributed by atoms with van der Waals surface area (Å²) in [5.74, 6) is 0.886. The van der Waals surface area contributed by atoms with E-state index in [1.807, 2.05) is 6.92 Å². The Kier molecular flexibility index (Phi) is 4.14. The highest BCUT2D eigenvalue weighted by Crippen LogP contribution is 2.53. The standard InChI is InChI=1S/C16H20BrF2N/c1-2-20-16(11-8-9-3-4-10(11)7-9)14-13(18)6-5-12(17)15(14)19/h5-6,9-11,16,20H,2-4,7-8H2,1H3. The molecule has 4 atom stereocenters.